The maximum Gasteiger partial charge on any atom is 0.0677 e. The first-order valence-corrected chi connectivity index (χ1v) is 4.29. The number of nitrogens with zero attached hydrogens (tertiary/aromatic N) is 2. The Hall–Kier alpha value is -0.960. The van der Waals surface area contributed by atoms with Gasteiger partial charge in [0.15, 0.2) is 0 Å². The molecule has 2 unspecified atom stereocenters. The summed E-state index contributed by atoms with van der Waals surface area (Å²) in [6.07, 6.45) is 2.69. The Balaban J connectivity index is 2.80. The van der Waals surface area contributed by atoms with E-state index in [1.165, 1.54) is 0 Å². The summed E-state index contributed by atoms with van der Waals surface area (Å²) in [5.74, 6) is 0.332. The van der Waals surface area contributed by atoms with Crippen molar-refractivity contribution >= 4 is 0 Å². The van der Waals surface area contributed by atoms with Gasteiger partial charge in [-0.1, -0.05) is 6.92 Å². The first-order chi connectivity index (χ1) is 5.75. The second-order valence-electron chi connectivity index (χ2n) is 3.02. The van der Waals surface area contributed by atoms with Crippen LogP contribution in [0.25, 0.3) is 0 Å². The average Bonchev–Trinajstić information content (AvgIpc) is 2.07. The standard InChI is InChI=1S/C9H15N3/c1-3-8(7(2)10)9-5-4-6-11-12-9/h4-8H,3,10H2,1-2H3. The summed E-state index contributed by atoms with van der Waals surface area (Å²) in [5.41, 5.74) is 6.81. The van der Waals surface area contributed by atoms with Crippen LogP contribution in [0, 0.1) is 0 Å². The molecule has 0 saturated heterocycles. The fourth-order valence-electron chi connectivity index (χ4n) is 1.36. The Labute approximate surface area is 73.0 Å². The molecule has 0 aliphatic rings. The van der Waals surface area contributed by atoms with E-state index in [1.54, 1.807) is 6.20 Å². The summed E-state index contributed by atoms with van der Waals surface area (Å²) in [7, 11) is 0. The third kappa shape index (κ3) is 2.01. The smallest absolute Gasteiger partial charge is 0.0677 e. The molecule has 0 fully saturated rings. The van der Waals surface area contributed by atoms with Gasteiger partial charge in [-0.25, -0.2) is 0 Å². The molecule has 0 bridgehead atoms. The lowest BCUT2D eigenvalue weighted by Gasteiger charge is -2.16. The molecule has 0 aromatic carbocycles. The zero-order valence-corrected chi connectivity index (χ0v) is 7.57. The lowest BCUT2D eigenvalue weighted by molar-refractivity contribution is 0.534. The molecule has 3 nitrogen and oxygen atoms in total. The maximum atomic E-state index is 5.81. The molecule has 0 saturated carbocycles. The van der Waals surface area contributed by atoms with Crippen molar-refractivity contribution < 1.29 is 0 Å². The number of hydrogen-bond acceptors (Lipinski definition) is 3. The molecule has 2 N–H and O–H groups in total. The first-order valence-electron chi connectivity index (χ1n) is 4.29. The highest BCUT2D eigenvalue weighted by atomic mass is 15.1. The van der Waals surface area contributed by atoms with Crippen molar-refractivity contribution in [3.05, 3.63) is 24.0 Å². The Morgan fingerprint density at radius 1 is 1.58 bits per heavy atom. The van der Waals surface area contributed by atoms with E-state index >= 15 is 0 Å². The van der Waals surface area contributed by atoms with E-state index in [1.807, 2.05) is 19.1 Å². The summed E-state index contributed by atoms with van der Waals surface area (Å²) >= 11 is 0. The third-order valence-corrected chi connectivity index (χ3v) is 2.05. The zero-order chi connectivity index (χ0) is 8.97. The van der Waals surface area contributed by atoms with Gasteiger partial charge in [-0.05, 0) is 25.5 Å². The lowest BCUT2D eigenvalue weighted by atomic mass is 9.95. The van der Waals surface area contributed by atoms with Crippen LogP contribution in [-0.2, 0) is 0 Å². The zero-order valence-electron chi connectivity index (χ0n) is 7.57. The Morgan fingerprint density at radius 2 is 2.33 bits per heavy atom. The van der Waals surface area contributed by atoms with Crippen molar-refractivity contribution in [2.45, 2.75) is 32.2 Å². The van der Waals surface area contributed by atoms with Crippen molar-refractivity contribution in [3.8, 4) is 0 Å². The van der Waals surface area contributed by atoms with E-state index in [9.17, 15) is 0 Å². The Kier molecular flexibility index (Phi) is 3.17. The molecular weight excluding hydrogens is 150 g/mol. The summed E-state index contributed by atoms with van der Waals surface area (Å²) in [5, 5.41) is 7.87. The molecule has 1 aromatic rings. The van der Waals surface area contributed by atoms with E-state index in [2.05, 4.69) is 17.1 Å². The van der Waals surface area contributed by atoms with Gasteiger partial charge >= 0.3 is 0 Å². The number of hydrogen-bond donors (Lipinski definition) is 1. The first kappa shape index (κ1) is 9.13. The maximum absolute atomic E-state index is 5.81. The minimum atomic E-state index is 0.145. The molecule has 0 amide bonds. The van der Waals surface area contributed by atoms with Gasteiger partial charge in [-0.2, -0.15) is 10.2 Å². The summed E-state index contributed by atoms with van der Waals surface area (Å²) < 4.78 is 0. The van der Waals surface area contributed by atoms with Crippen LogP contribution < -0.4 is 5.73 Å². The summed E-state index contributed by atoms with van der Waals surface area (Å²) in [6.45, 7) is 4.12. The van der Waals surface area contributed by atoms with Gasteiger partial charge in [-0.15, -0.1) is 0 Å². The van der Waals surface area contributed by atoms with Gasteiger partial charge in [0.05, 0.1) is 5.69 Å². The Morgan fingerprint density at radius 3 is 2.75 bits per heavy atom. The minimum Gasteiger partial charge on any atom is -0.327 e. The predicted octanol–water partition coefficient (Wildman–Crippen LogP) is 1.32. The van der Waals surface area contributed by atoms with Gasteiger partial charge in [-0.3, -0.25) is 0 Å². The molecule has 12 heavy (non-hydrogen) atoms. The average molecular weight is 165 g/mol. The molecule has 0 aliphatic carbocycles. The summed E-state index contributed by atoms with van der Waals surface area (Å²) in [6, 6.07) is 4.02. The van der Waals surface area contributed by atoms with Crippen LogP contribution >= 0.6 is 0 Å². The van der Waals surface area contributed by atoms with Gasteiger partial charge in [0, 0.05) is 18.2 Å². The molecule has 0 aliphatic heterocycles. The summed E-state index contributed by atoms with van der Waals surface area (Å²) in [4.78, 5) is 0. The lowest BCUT2D eigenvalue weighted by Crippen LogP contribution is -2.25. The fourth-order valence-corrected chi connectivity index (χ4v) is 1.36. The van der Waals surface area contributed by atoms with E-state index < -0.39 is 0 Å². The fraction of sp³-hybridized carbons (Fsp3) is 0.556. The highest BCUT2D eigenvalue weighted by Gasteiger charge is 2.14. The largest absolute Gasteiger partial charge is 0.327 e. The van der Waals surface area contributed by atoms with Crippen LogP contribution in [0.4, 0.5) is 0 Å². The van der Waals surface area contributed by atoms with E-state index in [-0.39, 0.29) is 6.04 Å². The van der Waals surface area contributed by atoms with Crippen LogP contribution in [0.5, 0.6) is 0 Å². The molecule has 1 aromatic heterocycles. The normalized spacial score (nSPS) is 15.6. The van der Waals surface area contributed by atoms with Crippen molar-refractivity contribution in [2.24, 2.45) is 5.73 Å². The molecule has 2 atom stereocenters. The van der Waals surface area contributed by atoms with E-state index in [4.69, 9.17) is 5.73 Å². The van der Waals surface area contributed by atoms with Gasteiger partial charge in [0.2, 0.25) is 0 Å². The highest BCUT2D eigenvalue weighted by Crippen LogP contribution is 2.18. The molecule has 3 heteroatoms. The van der Waals surface area contributed by atoms with Crippen LogP contribution in [0.15, 0.2) is 18.3 Å². The van der Waals surface area contributed by atoms with Crippen LogP contribution in [-0.4, -0.2) is 16.2 Å². The molecule has 0 spiro atoms. The minimum absolute atomic E-state index is 0.145. The van der Waals surface area contributed by atoms with Crippen LogP contribution in [0.3, 0.4) is 0 Å². The monoisotopic (exact) mass is 165 g/mol. The SMILES string of the molecule is CCC(c1cccnn1)C(C)N. The predicted molar refractivity (Wildman–Crippen MR) is 48.7 cm³/mol. The number of nitrogens with two attached hydrogens (primary N) is 1. The Bertz CT molecular complexity index is 220. The van der Waals surface area contributed by atoms with Crippen molar-refractivity contribution in [1.82, 2.24) is 10.2 Å². The second kappa shape index (κ2) is 4.16. The van der Waals surface area contributed by atoms with Crippen molar-refractivity contribution in [1.29, 1.82) is 0 Å². The van der Waals surface area contributed by atoms with Crippen LogP contribution in [0.2, 0.25) is 0 Å². The molecule has 1 rings (SSSR count). The van der Waals surface area contributed by atoms with Crippen molar-refractivity contribution in [2.75, 3.05) is 0 Å². The van der Waals surface area contributed by atoms with Gasteiger partial charge < -0.3 is 5.73 Å². The molecule has 66 valence electrons. The van der Waals surface area contributed by atoms with Crippen molar-refractivity contribution in [3.63, 3.8) is 0 Å². The molecule has 1 heterocycles. The number of aromatic nitrogens is 2. The van der Waals surface area contributed by atoms with Crippen LogP contribution in [0.1, 0.15) is 31.9 Å². The third-order valence-electron chi connectivity index (χ3n) is 2.05. The molecular formula is C9H15N3. The van der Waals surface area contributed by atoms with E-state index in [0.717, 1.165) is 12.1 Å². The second-order valence-corrected chi connectivity index (χ2v) is 3.02. The number of rotatable bonds is 3. The van der Waals surface area contributed by atoms with E-state index in [0.29, 0.717) is 5.92 Å². The topological polar surface area (TPSA) is 51.8 Å². The quantitative estimate of drug-likeness (QED) is 0.734. The highest BCUT2D eigenvalue weighted by molar-refractivity contribution is 5.08. The molecule has 0 radical (unpaired) electrons. The van der Waals surface area contributed by atoms with Gasteiger partial charge in [0.1, 0.15) is 0 Å². The van der Waals surface area contributed by atoms with Gasteiger partial charge in [0.25, 0.3) is 0 Å².